The van der Waals surface area contributed by atoms with E-state index >= 15 is 0 Å². The number of anilines is 1. The molecular formula is C25H28N2O6S. The van der Waals surface area contributed by atoms with E-state index in [-0.39, 0.29) is 22.8 Å². The van der Waals surface area contributed by atoms with E-state index in [1.165, 1.54) is 32.4 Å². The molecule has 0 fully saturated rings. The number of carbonyl (C=O) groups is 1. The van der Waals surface area contributed by atoms with E-state index in [0.29, 0.717) is 17.2 Å². The second kappa shape index (κ2) is 10.9. The Hall–Kier alpha value is -3.72. The number of benzene rings is 3. The second-order valence-corrected chi connectivity index (χ2v) is 9.04. The van der Waals surface area contributed by atoms with E-state index in [9.17, 15) is 13.2 Å². The summed E-state index contributed by atoms with van der Waals surface area (Å²) in [5.74, 6) is 0.833. The van der Waals surface area contributed by atoms with Crippen molar-refractivity contribution < 1.29 is 27.4 Å². The fourth-order valence-electron chi connectivity index (χ4n) is 3.32. The summed E-state index contributed by atoms with van der Waals surface area (Å²) in [7, 11) is 0.454. The highest BCUT2D eigenvalue weighted by Crippen LogP contribution is 2.29. The minimum atomic E-state index is -4.00. The van der Waals surface area contributed by atoms with Gasteiger partial charge in [-0.1, -0.05) is 25.1 Å². The average molecular weight is 485 g/mol. The van der Waals surface area contributed by atoms with Gasteiger partial charge < -0.3 is 19.5 Å². The van der Waals surface area contributed by atoms with Crippen molar-refractivity contribution in [3.63, 3.8) is 0 Å². The molecule has 0 aliphatic carbocycles. The topological polar surface area (TPSA) is 103 Å². The maximum absolute atomic E-state index is 13.1. The number of rotatable bonds is 10. The van der Waals surface area contributed by atoms with Crippen molar-refractivity contribution in [2.75, 3.05) is 26.1 Å². The molecule has 2 N–H and O–H groups in total. The van der Waals surface area contributed by atoms with Crippen LogP contribution in [-0.4, -0.2) is 35.7 Å². The van der Waals surface area contributed by atoms with E-state index in [4.69, 9.17) is 14.2 Å². The van der Waals surface area contributed by atoms with Crippen LogP contribution in [0, 0.1) is 0 Å². The molecule has 0 saturated heterocycles. The summed E-state index contributed by atoms with van der Waals surface area (Å²) in [6, 6.07) is 16.7. The van der Waals surface area contributed by atoms with Crippen LogP contribution in [0.25, 0.3) is 0 Å². The van der Waals surface area contributed by atoms with Gasteiger partial charge in [-0.05, 0) is 60.0 Å². The molecule has 0 aromatic heterocycles. The number of hydrogen-bond acceptors (Lipinski definition) is 6. The highest BCUT2D eigenvalue weighted by Gasteiger charge is 2.22. The number of nitrogens with one attached hydrogen (secondary N) is 2. The van der Waals surface area contributed by atoms with Crippen molar-refractivity contribution in [2.45, 2.75) is 24.8 Å². The summed E-state index contributed by atoms with van der Waals surface area (Å²) in [4.78, 5) is 12.6. The number of aryl methyl sites for hydroxylation is 1. The summed E-state index contributed by atoms with van der Waals surface area (Å²) in [5.41, 5.74) is 2.49. The summed E-state index contributed by atoms with van der Waals surface area (Å²) in [6.07, 6.45) is 0.849. The molecule has 0 spiro atoms. The smallest absolute Gasteiger partial charge is 0.265 e. The van der Waals surface area contributed by atoms with Gasteiger partial charge in [0.05, 0.1) is 21.3 Å². The van der Waals surface area contributed by atoms with Crippen molar-refractivity contribution in [1.82, 2.24) is 5.32 Å². The first-order valence-electron chi connectivity index (χ1n) is 10.6. The molecule has 0 unspecified atom stereocenters. The fraction of sp³-hybridized carbons (Fsp3) is 0.240. The molecule has 3 rings (SSSR count). The van der Waals surface area contributed by atoms with E-state index < -0.39 is 15.9 Å². The number of sulfonamides is 1. The Balaban J connectivity index is 1.80. The third-order valence-corrected chi connectivity index (χ3v) is 6.63. The highest BCUT2D eigenvalue weighted by atomic mass is 32.2. The number of methoxy groups -OCH3 is 3. The fourth-order valence-corrected chi connectivity index (χ4v) is 4.58. The average Bonchev–Trinajstić information content (AvgIpc) is 2.86. The van der Waals surface area contributed by atoms with Gasteiger partial charge in [-0.15, -0.1) is 0 Å². The van der Waals surface area contributed by atoms with Crippen LogP contribution in [0.2, 0.25) is 0 Å². The van der Waals surface area contributed by atoms with Gasteiger partial charge in [0.2, 0.25) is 0 Å². The molecule has 0 heterocycles. The Kier molecular flexibility index (Phi) is 8.01. The van der Waals surface area contributed by atoms with Crippen molar-refractivity contribution in [3.05, 3.63) is 77.4 Å². The zero-order valence-corrected chi connectivity index (χ0v) is 20.4. The van der Waals surface area contributed by atoms with Crippen LogP contribution in [0.5, 0.6) is 17.2 Å². The van der Waals surface area contributed by atoms with Crippen molar-refractivity contribution in [1.29, 1.82) is 0 Å². The van der Waals surface area contributed by atoms with E-state index in [1.807, 2.05) is 19.1 Å². The number of ether oxygens (including phenoxy) is 3. The van der Waals surface area contributed by atoms with Gasteiger partial charge in [0, 0.05) is 17.8 Å². The van der Waals surface area contributed by atoms with Crippen LogP contribution < -0.4 is 24.2 Å². The third kappa shape index (κ3) is 5.79. The molecule has 8 nitrogen and oxygen atoms in total. The first kappa shape index (κ1) is 24.9. The molecule has 1 amide bonds. The standard InChI is InChI=1S/C25H28N2O6S/c1-5-17-6-10-20(11-7-17)27-34(29,30)24-15-19(9-13-22(24)32-3)25(28)26-16-18-8-12-21(31-2)23(14-18)33-4/h6-15,27H,5,16H2,1-4H3,(H,26,28). The van der Waals surface area contributed by atoms with Gasteiger partial charge in [0.25, 0.3) is 15.9 Å². The minimum Gasteiger partial charge on any atom is -0.495 e. The van der Waals surface area contributed by atoms with Crippen molar-refractivity contribution in [2.24, 2.45) is 0 Å². The Labute approximate surface area is 199 Å². The van der Waals surface area contributed by atoms with Gasteiger partial charge in [0.15, 0.2) is 11.5 Å². The molecule has 0 radical (unpaired) electrons. The van der Waals surface area contributed by atoms with Crippen LogP contribution in [0.4, 0.5) is 5.69 Å². The van der Waals surface area contributed by atoms with Crippen LogP contribution in [0.1, 0.15) is 28.4 Å². The molecule has 9 heteroatoms. The number of carbonyl (C=O) groups excluding carboxylic acids is 1. The van der Waals surface area contributed by atoms with E-state index in [2.05, 4.69) is 10.0 Å². The van der Waals surface area contributed by atoms with Gasteiger partial charge in [-0.25, -0.2) is 8.42 Å². The van der Waals surface area contributed by atoms with Crippen LogP contribution in [0.3, 0.4) is 0 Å². The molecule has 3 aromatic carbocycles. The van der Waals surface area contributed by atoms with Gasteiger partial charge in [-0.3, -0.25) is 9.52 Å². The molecule has 180 valence electrons. The monoisotopic (exact) mass is 484 g/mol. The summed E-state index contributed by atoms with van der Waals surface area (Å²) in [6.45, 7) is 2.24. The quantitative estimate of drug-likeness (QED) is 0.451. The summed E-state index contributed by atoms with van der Waals surface area (Å²) < 4.78 is 44.4. The van der Waals surface area contributed by atoms with Crippen molar-refractivity contribution >= 4 is 21.6 Å². The van der Waals surface area contributed by atoms with Crippen molar-refractivity contribution in [3.8, 4) is 17.2 Å². The SMILES string of the molecule is CCc1ccc(NS(=O)(=O)c2cc(C(=O)NCc3ccc(OC)c(OC)c3)ccc2OC)cc1. The zero-order valence-electron chi connectivity index (χ0n) is 19.5. The van der Waals surface area contributed by atoms with E-state index in [1.54, 1.807) is 37.4 Å². The Morgan fingerprint density at radius 3 is 2.03 bits per heavy atom. The molecule has 34 heavy (non-hydrogen) atoms. The number of amides is 1. The maximum atomic E-state index is 13.1. The third-order valence-electron chi connectivity index (χ3n) is 5.23. The largest absolute Gasteiger partial charge is 0.495 e. The van der Waals surface area contributed by atoms with Gasteiger partial charge in [0.1, 0.15) is 10.6 Å². The molecule has 0 atom stereocenters. The summed E-state index contributed by atoms with van der Waals surface area (Å²) in [5, 5.41) is 2.79. The predicted molar refractivity (Wildman–Crippen MR) is 130 cm³/mol. The maximum Gasteiger partial charge on any atom is 0.265 e. The number of hydrogen-bond donors (Lipinski definition) is 2. The Morgan fingerprint density at radius 1 is 0.794 bits per heavy atom. The predicted octanol–water partition coefficient (Wildman–Crippen LogP) is 4.01. The first-order chi connectivity index (χ1) is 16.3. The summed E-state index contributed by atoms with van der Waals surface area (Å²) >= 11 is 0. The lowest BCUT2D eigenvalue weighted by Crippen LogP contribution is -2.23. The highest BCUT2D eigenvalue weighted by molar-refractivity contribution is 7.92. The lowest BCUT2D eigenvalue weighted by molar-refractivity contribution is 0.0950. The lowest BCUT2D eigenvalue weighted by Gasteiger charge is -2.14. The second-order valence-electron chi connectivity index (χ2n) is 7.39. The minimum absolute atomic E-state index is 0.131. The van der Waals surface area contributed by atoms with Gasteiger partial charge in [-0.2, -0.15) is 0 Å². The molecule has 3 aromatic rings. The molecule has 0 aliphatic heterocycles. The first-order valence-corrected chi connectivity index (χ1v) is 12.1. The Morgan fingerprint density at radius 2 is 1.41 bits per heavy atom. The normalized spacial score (nSPS) is 10.9. The van der Waals surface area contributed by atoms with Crippen LogP contribution >= 0.6 is 0 Å². The molecular weight excluding hydrogens is 456 g/mol. The zero-order chi connectivity index (χ0) is 24.7. The van der Waals surface area contributed by atoms with Crippen LogP contribution in [-0.2, 0) is 23.0 Å². The molecule has 0 saturated carbocycles. The molecule has 0 aliphatic rings. The molecule has 0 bridgehead atoms. The van der Waals surface area contributed by atoms with E-state index in [0.717, 1.165) is 17.5 Å². The Bertz CT molecular complexity index is 1260. The van der Waals surface area contributed by atoms with Crippen LogP contribution in [0.15, 0.2) is 65.6 Å². The lowest BCUT2D eigenvalue weighted by atomic mass is 10.1. The van der Waals surface area contributed by atoms with Gasteiger partial charge >= 0.3 is 0 Å².